The lowest BCUT2D eigenvalue weighted by Crippen LogP contribution is -2.55. The molecule has 1 atom stereocenters. The Morgan fingerprint density at radius 3 is 2.38 bits per heavy atom. The van der Waals surface area contributed by atoms with Gasteiger partial charge >= 0.3 is 0 Å². The van der Waals surface area contributed by atoms with Crippen LogP contribution in [0, 0.1) is 5.92 Å². The van der Waals surface area contributed by atoms with Gasteiger partial charge in [0.25, 0.3) is 0 Å². The molecule has 1 unspecified atom stereocenters. The van der Waals surface area contributed by atoms with Crippen molar-refractivity contribution in [2.24, 2.45) is 16.6 Å². The Balaban J connectivity index is 1.77. The molecule has 1 heterocycles. The predicted molar refractivity (Wildman–Crippen MR) is 86.4 cm³/mol. The second-order valence-corrected chi connectivity index (χ2v) is 7.12. The van der Waals surface area contributed by atoms with E-state index in [-0.39, 0.29) is 5.54 Å². The van der Waals surface area contributed by atoms with E-state index in [1.807, 2.05) is 12.1 Å². The van der Waals surface area contributed by atoms with Gasteiger partial charge in [0.05, 0.1) is 12.1 Å². The minimum Gasteiger partial charge on any atom is -0.370 e. The fraction of sp³-hybridized carbons (Fsp3) is 0.588. The van der Waals surface area contributed by atoms with Gasteiger partial charge in [0.1, 0.15) is 0 Å². The summed E-state index contributed by atoms with van der Waals surface area (Å²) in [6, 6.07) is 8.92. The topological polar surface area (TPSA) is 41.6 Å². The Labute approximate surface area is 131 Å². The van der Waals surface area contributed by atoms with Gasteiger partial charge in [0, 0.05) is 11.1 Å². The van der Waals surface area contributed by atoms with Crippen LogP contribution in [-0.4, -0.2) is 23.4 Å². The van der Waals surface area contributed by atoms with E-state index >= 15 is 0 Å². The highest BCUT2D eigenvalue weighted by molar-refractivity contribution is 6.30. The predicted octanol–water partition coefficient (Wildman–Crippen LogP) is 3.52. The van der Waals surface area contributed by atoms with Gasteiger partial charge in [-0.2, -0.15) is 0 Å². The monoisotopic (exact) mass is 303 g/mol. The molecule has 2 aliphatic carbocycles. The summed E-state index contributed by atoms with van der Waals surface area (Å²) in [4.78, 5) is 7.14. The summed E-state index contributed by atoms with van der Waals surface area (Å²) in [6.07, 6.45) is 7.70. The van der Waals surface area contributed by atoms with Crippen molar-refractivity contribution in [3.05, 3.63) is 34.9 Å². The fourth-order valence-electron chi connectivity index (χ4n) is 4.32. The largest absolute Gasteiger partial charge is 0.370 e. The zero-order valence-corrected chi connectivity index (χ0v) is 13.0. The fourth-order valence-corrected chi connectivity index (χ4v) is 4.45. The first-order valence-electron chi connectivity index (χ1n) is 8.07. The number of halogens is 1. The average Bonchev–Trinajstić information content (AvgIpc) is 3.09. The van der Waals surface area contributed by atoms with Gasteiger partial charge in [-0.1, -0.05) is 36.6 Å². The van der Waals surface area contributed by atoms with Gasteiger partial charge in [-0.15, -0.1) is 0 Å². The minimum absolute atomic E-state index is 0.0102. The number of rotatable bonds is 3. The summed E-state index contributed by atoms with van der Waals surface area (Å²) >= 11 is 6.08. The molecule has 1 aromatic carbocycles. The van der Waals surface area contributed by atoms with Crippen molar-refractivity contribution < 1.29 is 0 Å². The molecular formula is C17H22ClN3. The second kappa shape index (κ2) is 4.91. The Hall–Kier alpha value is -1.22. The number of guanidine groups is 1. The molecule has 1 aliphatic heterocycles. The molecule has 0 amide bonds. The molecule has 0 spiro atoms. The smallest absolute Gasteiger partial charge is 0.192 e. The maximum Gasteiger partial charge on any atom is 0.192 e. The Kier molecular flexibility index (Phi) is 3.14. The van der Waals surface area contributed by atoms with Crippen molar-refractivity contribution >= 4 is 17.6 Å². The molecule has 4 heteroatoms. The van der Waals surface area contributed by atoms with E-state index in [2.05, 4.69) is 22.0 Å². The molecule has 4 rings (SSSR count). The number of aliphatic imine (C=N–C) groups is 1. The minimum atomic E-state index is -0.0102. The Morgan fingerprint density at radius 1 is 1.10 bits per heavy atom. The zero-order chi connectivity index (χ0) is 14.4. The lowest BCUT2D eigenvalue weighted by Gasteiger charge is -2.44. The highest BCUT2D eigenvalue weighted by atomic mass is 35.5. The van der Waals surface area contributed by atoms with Crippen LogP contribution in [0.5, 0.6) is 0 Å². The summed E-state index contributed by atoms with van der Waals surface area (Å²) in [6.45, 7) is 0.807. The molecule has 2 saturated carbocycles. The molecule has 3 aliphatic rings. The normalized spacial score (nSPS) is 30.0. The van der Waals surface area contributed by atoms with Gasteiger partial charge in [-0.05, 0) is 49.3 Å². The van der Waals surface area contributed by atoms with Crippen LogP contribution < -0.4 is 5.73 Å². The molecule has 3 nitrogen and oxygen atoms in total. The Morgan fingerprint density at radius 2 is 1.76 bits per heavy atom. The number of hydrogen-bond acceptors (Lipinski definition) is 3. The highest BCUT2D eigenvalue weighted by Gasteiger charge is 2.55. The van der Waals surface area contributed by atoms with E-state index in [0.29, 0.717) is 12.0 Å². The number of nitrogens with two attached hydrogens (primary N) is 1. The second-order valence-electron chi connectivity index (χ2n) is 6.69. The van der Waals surface area contributed by atoms with Crippen LogP contribution in [0.3, 0.4) is 0 Å². The summed E-state index contributed by atoms with van der Waals surface area (Å²) in [5.74, 6) is 1.44. The van der Waals surface area contributed by atoms with Crippen LogP contribution in [0.4, 0.5) is 0 Å². The molecular weight excluding hydrogens is 282 g/mol. The van der Waals surface area contributed by atoms with Gasteiger partial charge in [0.15, 0.2) is 5.96 Å². The summed E-state index contributed by atoms with van der Waals surface area (Å²) < 4.78 is 0. The summed E-state index contributed by atoms with van der Waals surface area (Å²) in [5.41, 5.74) is 7.65. The van der Waals surface area contributed by atoms with Crippen LogP contribution in [0.2, 0.25) is 5.02 Å². The van der Waals surface area contributed by atoms with Crippen molar-refractivity contribution in [2.75, 3.05) is 6.54 Å². The number of nitrogens with zero attached hydrogens (tertiary/aromatic N) is 2. The maximum absolute atomic E-state index is 6.32. The highest BCUT2D eigenvalue weighted by Crippen LogP contribution is 2.53. The van der Waals surface area contributed by atoms with Crippen molar-refractivity contribution in [1.29, 1.82) is 0 Å². The molecule has 0 radical (unpaired) electrons. The van der Waals surface area contributed by atoms with Crippen LogP contribution >= 0.6 is 11.6 Å². The van der Waals surface area contributed by atoms with E-state index in [0.717, 1.165) is 17.5 Å². The SMILES string of the molecule is NC1=NCC(c2ccc(Cl)cc2)(C2CC2)N1C1CCCC1. The number of hydrogen-bond donors (Lipinski definition) is 1. The lowest BCUT2D eigenvalue weighted by molar-refractivity contribution is 0.123. The summed E-state index contributed by atoms with van der Waals surface area (Å²) in [7, 11) is 0. The lowest BCUT2D eigenvalue weighted by atomic mass is 9.82. The zero-order valence-electron chi connectivity index (χ0n) is 12.3. The number of benzene rings is 1. The third kappa shape index (κ3) is 2.05. The first-order chi connectivity index (χ1) is 10.2. The third-order valence-electron chi connectivity index (χ3n) is 5.45. The van der Waals surface area contributed by atoms with E-state index < -0.39 is 0 Å². The van der Waals surface area contributed by atoms with E-state index in [4.69, 9.17) is 17.3 Å². The third-order valence-corrected chi connectivity index (χ3v) is 5.70. The molecule has 0 bridgehead atoms. The molecule has 112 valence electrons. The van der Waals surface area contributed by atoms with Crippen LogP contribution in [0.1, 0.15) is 44.1 Å². The average molecular weight is 304 g/mol. The van der Waals surface area contributed by atoms with Gasteiger partial charge in [-0.3, -0.25) is 4.99 Å². The van der Waals surface area contributed by atoms with E-state index in [1.54, 1.807) is 0 Å². The molecule has 0 aromatic heterocycles. The van der Waals surface area contributed by atoms with Gasteiger partial charge in [0.2, 0.25) is 0 Å². The molecule has 1 aromatic rings. The van der Waals surface area contributed by atoms with Crippen LogP contribution in [-0.2, 0) is 5.54 Å². The van der Waals surface area contributed by atoms with Crippen molar-refractivity contribution in [2.45, 2.75) is 50.1 Å². The molecule has 2 fully saturated rings. The standard InChI is InChI=1S/C17H22ClN3/c18-14-9-7-13(8-10-14)17(12-5-6-12)11-20-16(19)21(17)15-3-1-2-4-15/h7-10,12,15H,1-6,11H2,(H2,19,20). The van der Waals surface area contributed by atoms with Crippen molar-refractivity contribution in [3.63, 3.8) is 0 Å². The van der Waals surface area contributed by atoms with Crippen LogP contribution in [0.15, 0.2) is 29.3 Å². The first-order valence-corrected chi connectivity index (χ1v) is 8.45. The maximum atomic E-state index is 6.32. The van der Waals surface area contributed by atoms with Crippen molar-refractivity contribution in [3.8, 4) is 0 Å². The molecule has 21 heavy (non-hydrogen) atoms. The quantitative estimate of drug-likeness (QED) is 0.928. The molecule has 0 saturated heterocycles. The van der Waals surface area contributed by atoms with Gasteiger partial charge in [-0.25, -0.2) is 0 Å². The van der Waals surface area contributed by atoms with Crippen molar-refractivity contribution in [1.82, 2.24) is 4.90 Å². The van der Waals surface area contributed by atoms with E-state index in [1.165, 1.54) is 44.1 Å². The van der Waals surface area contributed by atoms with Crippen LogP contribution in [0.25, 0.3) is 0 Å². The Bertz CT molecular complexity index is 558. The van der Waals surface area contributed by atoms with E-state index in [9.17, 15) is 0 Å². The molecule has 2 N–H and O–H groups in total. The van der Waals surface area contributed by atoms with Gasteiger partial charge < -0.3 is 10.6 Å². The summed E-state index contributed by atoms with van der Waals surface area (Å²) in [5, 5.41) is 0.795. The first kappa shape index (κ1) is 13.4.